The van der Waals surface area contributed by atoms with Gasteiger partial charge in [0.15, 0.2) is 4.58 Å². The molecule has 0 aliphatic rings. The van der Waals surface area contributed by atoms with Gasteiger partial charge in [-0.15, -0.1) is 0 Å². The van der Waals surface area contributed by atoms with Crippen LogP contribution in [0.4, 0.5) is 0 Å². The fourth-order valence-electron chi connectivity index (χ4n) is 0. The van der Waals surface area contributed by atoms with Crippen molar-refractivity contribution in [2.45, 2.75) is 4.58 Å². The van der Waals surface area contributed by atoms with Crippen LogP contribution in [0.1, 0.15) is 0 Å². The summed E-state index contributed by atoms with van der Waals surface area (Å²) in [5, 5.41) is 0. The highest BCUT2D eigenvalue weighted by Gasteiger charge is 1.99. The van der Waals surface area contributed by atoms with Gasteiger partial charge >= 0.3 is 0 Å². The van der Waals surface area contributed by atoms with Crippen molar-refractivity contribution < 1.29 is 4.57 Å². The maximum Gasteiger partial charge on any atom is 0.176 e. The van der Waals surface area contributed by atoms with E-state index in [2.05, 4.69) is 0 Å². The molecule has 6 heavy (non-hydrogen) atoms. The molecular weight excluding hydrogens is 142 g/mol. The molecule has 0 aromatic carbocycles. The van der Waals surface area contributed by atoms with Gasteiger partial charge in [-0.1, -0.05) is 23.2 Å². The van der Waals surface area contributed by atoms with Crippen LogP contribution < -0.4 is 0 Å². The number of hydrogen-bond donors (Lipinski definition) is 0. The van der Waals surface area contributed by atoms with Crippen molar-refractivity contribution in [3.63, 3.8) is 0 Å². The molecule has 0 aromatic rings. The molecule has 4 heteroatoms. The van der Waals surface area contributed by atoms with Gasteiger partial charge < -0.3 is 0 Å². The van der Waals surface area contributed by atoms with Crippen LogP contribution in [0, 0.1) is 0 Å². The van der Waals surface area contributed by atoms with Crippen LogP contribution in [-0.2, 0) is 4.57 Å². The zero-order valence-electron chi connectivity index (χ0n) is 3.19. The van der Waals surface area contributed by atoms with E-state index in [4.69, 9.17) is 23.2 Å². The van der Waals surface area contributed by atoms with E-state index in [0.717, 1.165) is 0 Å². The molecule has 1 atom stereocenters. The Morgan fingerprint density at radius 1 is 1.67 bits per heavy atom. The minimum atomic E-state index is -1.38. The summed E-state index contributed by atoms with van der Waals surface area (Å²) in [7, 11) is -1.38. The predicted molar refractivity (Wildman–Crippen MR) is 29.0 cm³/mol. The molecule has 0 heterocycles. The summed E-state index contributed by atoms with van der Waals surface area (Å²) < 4.78 is 9.33. The first kappa shape index (κ1) is 6.68. The normalized spacial score (nSPS) is 12.3. The first-order valence-corrected chi connectivity index (χ1v) is 3.97. The summed E-state index contributed by atoms with van der Waals surface area (Å²) in [5.74, 6) is 0. The molecule has 0 N–H and O–H groups in total. The minimum Gasteiger partial charge on any atom is -0.285 e. The van der Waals surface area contributed by atoms with Crippen molar-refractivity contribution in [2.75, 3.05) is 6.66 Å². The lowest BCUT2D eigenvalue weighted by atomic mass is 11.8. The van der Waals surface area contributed by atoms with Crippen molar-refractivity contribution in [1.82, 2.24) is 0 Å². The van der Waals surface area contributed by atoms with Crippen molar-refractivity contribution >= 4 is 31.0 Å². The first-order chi connectivity index (χ1) is 2.64. The lowest BCUT2D eigenvalue weighted by Crippen LogP contribution is -1.69. The van der Waals surface area contributed by atoms with E-state index in [1.54, 1.807) is 0 Å². The Hall–Kier alpha value is 0.680. The predicted octanol–water partition coefficient (Wildman–Crippen LogP) is 2.20. The highest BCUT2D eigenvalue weighted by atomic mass is 35.5. The Morgan fingerprint density at radius 3 is 1.83 bits per heavy atom. The molecule has 0 spiro atoms. The topological polar surface area (TPSA) is 17.1 Å². The summed E-state index contributed by atoms with van der Waals surface area (Å²) in [5.41, 5.74) is 0. The highest BCUT2D eigenvalue weighted by molar-refractivity contribution is 7.49. The summed E-state index contributed by atoms with van der Waals surface area (Å²) in [4.78, 5) is 0. The Balaban J connectivity index is 3.26. The molecule has 37 valence electrons. The third kappa shape index (κ3) is 2.89. The molecule has 0 aliphatic carbocycles. The second-order valence-corrected chi connectivity index (χ2v) is 4.14. The van der Waals surface area contributed by atoms with Crippen molar-refractivity contribution in [3.05, 3.63) is 0 Å². The average Bonchev–Trinajstić information content (AvgIpc) is 1.36. The summed E-state index contributed by atoms with van der Waals surface area (Å²) in [6.07, 6.45) is 0. The van der Waals surface area contributed by atoms with E-state index in [0.29, 0.717) is 0 Å². The standard InChI is InChI=1S/C2H4Cl2OP/c1-6(5)2(3)4/h2H,1H3. The number of rotatable bonds is 1. The monoisotopic (exact) mass is 145 g/mol. The van der Waals surface area contributed by atoms with Crippen LogP contribution in [0.2, 0.25) is 0 Å². The van der Waals surface area contributed by atoms with Gasteiger partial charge in [0.05, 0.1) is 0 Å². The zero-order valence-corrected chi connectivity index (χ0v) is 5.60. The van der Waals surface area contributed by atoms with Gasteiger partial charge in [0.1, 0.15) is 7.80 Å². The van der Waals surface area contributed by atoms with E-state index in [1.165, 1.54) is 6.66 Å². The molecule has 1 nitrogen and oxygen atoms in total. The fourth-order valence-corrected chi connectivity index (χ4v) is 0. The maximum atomic E-state index is 10.0. The van der Waals surface area contributed by atoms with Gasteiger partial charge in [0, 0.05) is 6.66 Å². The van der Waals surface area contributed by atoms with Crippen LogP contribution in [0.15, 0.2) is 0 Å². The van der Waals surface area contributed by atoms with Crippen LogP contribution in [0.5, 0.6) is 0 Å². The van der Waals surface area contributed by atoms with Gasteiger partial charge in [-0.2, -0.15) is 0 Å². The number of hydrogen-bond acceptors (Lipinski definition) is 1. The second kappa shape index (κ2) is 2.79. The van der Waals surface area contributed by atoms with E-state index >= 15 is 0 Å². The molecule has 0 saturated carbocycles. The molecule has 0 saturated heterocycles. The largest absolute Gasteiger partial charge is 0.285 e. The van der Waals surface area contributed by atoms with Crippen molar-refractivity contribution in [1.29, 1.82) is 0 Å². The Bertz CT molecular complexity index is 62.6. The summed E-state index contributed by atoms with van der Waals surface area (Å²) in [6, 6.07) is 0. The highest BCUT2D eigenvalue weighted by Crippen LogP contribution is 2.29. The molecule has 1 radical (unpaired) electrons. The summed E-state index contributed by atoms with van der Waals surface area (Å²) in [6.45, 7) is 1.49. The number of alkyl halides is 2. The van der Waals surface area contributed by atoms with Gasteiger partial charge in [0.25, 0.3) is 0 Å². The molecule has 0 aromatic heterocycles. The van der Waals surface area contributed by atoms with Crippen LogP contribution in [0.25, 0.3) is 0 Å². The van der Waals surface area contributed by atoms with Gasteiger partial charge in [-0.25, -0.2) is 0 Å². The summed E-state index contributed by atoms with van der Waals surface area (Å²) >= 11 is 10.2. The van der Waals surface area contributed by atoms with E-state index in [9.17, 15) is 4.57 Å². The van der Waals surface area contributed by atoms with Crippen LogP contribution in [-0.4, -0.2) is 11.2 Å². The fraction of sp³-hybridized carbons (Fsp3) is 1.00. The number of halogens is 2. The second-order valence-electron chi connectivity index (χ2n) is 0.824. The van der Waals surface area contributed by atoms with Crippen LogP contribution in [0.3, 0.4) is 0 Å². The van der Waals surface area contributed by atoms with Crippen LogP contribution >= 0.6 is 31.0 Å². The first-order valence-electron chi connectivity index (χ1n) is 1.32. The smallest absolute Gasteiger partial charge is 0.176 e. The SMILES string of the molecule is C[P](=O)C(Cl)Cl. The minimum absolute atomic E-state index is 0.694. The molecular formula is C2H4Cl2OP. The molecule has 0 bridgehead atoms. The third-order valence-electron chi connectivity index (χ3n) is 0.275. The van der Waals surface area contributed by atoms with Crippen molar-refractivity contribution in [2.24, 2.45) is 0 Å². The molecule has 0 aliphatic heterocycles. The lowest BCUT2D eigenvalue weighted by molar-refractivity contribution is 0.592. The zero-order chi connectivity index (χ0) is 5.15. The van der Waals surface area contributed by atoms with E-state index in [1.807, 2.05) is 0 Å². The Morgan fingerprint density at radius 2 is 1.83 bits per heavy atom. The van der Waals surface area contributed by atoms with Gasteiger partial charge in [0.2, 0.25) is 0 Å². The van der Waals surface area contributed by atoms with Gasteiger partial charge in [-0.05, 0) is 0 Å². The van der Waals surface area contributed by atoms with Crippen molar-refractivity contribution in [3.8, 4) is 0 Å². The van der Waals surface area contributed by atoms with Gasteiger partial charge in [-0.3, -0.25) is 4.57 Å². The van der Waals surface area contributed by atoms with E-state index < -0.39 is 12.4 Å². The molecule has 0 amide bonds. The maximum absolute atomic E-state index is 10.0. The molecule has 0 fully saturated rings. The Labute approximate surface area is 47.4 Å². The molecule has 0 rings (SSSR count). The third-order valence-corrected chi connectivity index (χ3v) is 2.47. The molecule has 1 unspecified atom stereocenters. The quantitative estimate of drug-likeness (QED) is 0.409. The van der Waals surface area contributed by atoms with E-state index in [-0.39, 0.29) is 0 Å². The Kier molecular flexibility index (Phi) is 3.10. The lowest BCUT2D eigenvalue weighted by Gasteiger charge is -1.86. The average molecular weight is 146 g/mol.